The Morgan fingerprint density at radius 3 is 2.31 bits per heavy atom. The molecule has 1 aliphatic carbocycles. The summed E-state index contributed by atoms with van der Waals surface area (Å²) in [6.07, 6.45) is 2.17. The van der Waals surface area contributed by atoms with Crippen LogP contribution in [0.15, 0.2) is 0 Å². The lowest BCUT2D eigenvalue weighted by molar-refractivity contribution is -0.145. The first-order chi connectivity index (χ1) is 6.07. The summed E-state index contributed by atoms with van der Waals surface area (Å²) in [7, 11) is 0. The second kappa shape index (κ2) is 4.09. The van der Waals surface area contributed by atoms with Gasteiger partial charge in [0.15, 0.2) is 0 Å². The summed E-state index contributed by atoms with van der Waals surface area (Å²) in [5, 5.41) is 9.09. The number of likely N-dealkylation sites (N-methyl/N-ethyl adjacent to an activating group) is 1. The van der Waals surface area contributed by atoms with Crippen molar-refractivity contribution < 1.29 is 9.90 Å². The van der Waals surface area contributed by atoms with E-state index in [1.807, 2.05) is 6.92 Å². The number of carbonyl (C=O) groups is 1. The van der Waals surface area contributed by atoms with Gasteiger partial charge in [0, 0.05) is 6.04 Å². The predicted octanol–water partition coefficient (Wildman–Crippen LogP) is 1.58. The van der Waals surface area contributed by atoms with Crippen LogP contribution in [-0.2, 0) is 4.79 Å². The standard InChI is InChI=1S/C10H19NO2/c1-4-11(7(2)3)9(10(12)13)8-5-6-8/h7-9H,4-6H2,1-3H3,(H,12,13). The number of nitrogens with zero attached hydrogens (tertiary/aromatic N) is 1. The Morgan fingerprint density at radius 1 is 1.54 bits per heavy atom. The summed E-state index contributed by atoms with van der Waals surface area (Å²) < 4.78 is 0. The maximum Gasteiger partial charge on any atom is 0.321 e. The zero-order valence-corrected chi connectivity index (χ0v) is 8.66. The smallest absolute Gasteiger partial charge is 0.321 e. The van der Waals surface area contributed by atoms with Gasteiger partial charge in [0.2, 0.25) is 0 Å². The third-order valence-electron chi connectivity index (χ3n) is 2.71. The van der Waals surface area contributed by atoms with Gasteiger partial charge < -0.3 is 5.11 Å². The van der Waals surface area contributed by atoms with Gasteiger partial charge >= 0.3 is 5.97 Å². The highest BCUT2D eigenvalue weighted by Crippen LogP contribution is 2.36. The first-order valence-corrected chi connectivity index (χ1v) is 5.06. The highest BCUT2D eigenvalue weighted by Gasteiger charge is 2.40. The summed E-state index contributed by atoms with van der Waals surface area (Å²) >= 11 is 0. The molecule has 1 unspecified atom stereocenters. The van der Waals surface area contributed by atoms with Gasteiger partial charge in [-0.3, -0.25) is 9.69 Å². The minimum absolute atomic E-state index is 0.245. The predicted molar refractivity (Wildman–Crippen MR) is 51.7 cm³/mol. The van der Waals surface area contributed by atoms with Crippen LogP contribution in [0.5, 0.6) is 0 Å². The average molecular weight is 185 g/mol. The van der Waals surface area contributed by atoms with Gasteiger partial charge in [-0.1, -0.05) is 6.92 Å². The van der Waals surface area contributed by atoms with Crippen molar-refractivity contribution in [3.8, 4) is 0 Å². The number of rotatable bonds is 5. The topological polar surface area (TPSA) is 40.5 Å². The van der Waals surface area contributed by atoms with E-state index in [0.717, 1.165) is 19.4 Å². The number of aliphatic carboxylic acids is 1. The van der Waals surface area contributed by atoms with Crippen molar-refractivity contribution in [2.24, 2.45) is 5.92 Å². The summed E-state index contributed by atoms with van der Waals surface area (Å²) in [6.45, 7) is 6.97. The van der Waals surface area contributed by atoms with E-state index in [1.54, 1.807) is 0 Å². The van der Waals surface area contributed by atoms with Gasteiger partial charge in [0.25, 0.3) is 0 Å². The molecular formula is C10H19NO2. The van der Waals surface area contributed by atoms with E-state index < -0.39 is 5.97 Å². The molecule has 0 aromatic rings. The Bertz CT molecular complexity index is 187. The molecule has 0 amide bonds. The third-order valence-corrected chi connectivity index (χ3v) is 2.71. The van der Waals surface area contributed by atoms with Crippen LogP contribution in [0.2, 0.25) is 0 Å². The fourth-order valence-corrected chi connectivity index (χ4v) is 1.91. The normalized spacial score (nSPS) is 19.5. The SMILES string of the molecule is CCN(C(C)C)C(C(=O)O)C1CC1. The number of carboxylic acid groups (broad SMARTS) is 1. The van der Waals surface area contributed by atoms with Crippen LogP contribution in [0.4, 0.5) is 0 Å². The van der Waals surface area contributed by atoms with E-state index >= 15 is 0 Å². The fraction of sp³-hybridized carbons (Fsp3) is 0.900. The van der Waals surface area contributed by atoms with E-state index in [4.69, 9.17) is 5.11 Å². The summed E-state index contributed by atoms with van der Waals surface area (Å²) in [4.78, 5) is 13.1. The molecule has 0 spiro atoms. The Morgan fingerprint density at radius 2 is 2.08 bits per heavy atom. The van der Waals surface area contributed by atoms with Gasteiger partial charge in [-0.2, -0.15) is 0 Å². The summed E-state index contributed by atoms with van der Waals surface area (Å²) in [5.41, 5.74) is 0. The first kappa shape index (κ1) is 10.5. The zero-order valence-electron chi connectivity index (χ0n) is 8.66. The van der Waals surface area contributed by atoms with Gasteiger partial charge in [-0.15, -0.1) is 0 Å². The van der Waals surface area contributed by atoms with E-state index in [2.05, 4.69) is 18.7 Å². The Hall–Kier alpha value is -0.570. The van der Waals surface area contributed by atoms with E-state index in [-0.39, 0.29) is 6.04 Å². The molecule has 3 heteroatoms. The quantitative estimate of drug-likeness (QED) is 0.707. The Kier molecular flexibility index (Phi) is 3.31. The Labute approximate surface area is 79.7 Å². The van der Waals surface area contributed by atoms with Crippen LogP contribution in [0.25, 0.3) is 0 Å². The van der Waals surface area contributed by atoms with Crippen LogP contribution in [0, 0.1) is 5.92 Å². The molecule has 0 aromatic carbocycles. The van der Waals surface area contributed by atoms with Crippen LogP contribution in [0.3, 0.4) is 0 Å². The van der Waals surface area contributed by atoms with Crippen LogP contribution in [0.1, 0.15) is 33.6 Å². The molecule has 3 nitrogen and oxygen atoms in total. The van der Waals surface area contributed by atoms with Crippen molar-refractivity contribution in [3.05, 3.63) is 0 Å². The Balaban J connectivity index is 2.65. The molecule has 0 radical (unpaired) electrons. The molecule has 0 heterocycles. The molecule has 1 rings (SSSR count). The summed E-state index contributed by atoms with van der Waals surface area (Å²) in [5.74, 6) is -0.252. The molecule has 1 fully saturated rings. The summed E-state index contributed by atoms with van der Waals surface area (Å²) in [6, 6.07) is 0.0803. The first-order valence-electron chi connectivity index (χ1n) is 5.06. The van der Waals surface area contributed by atoms with Crippen molar-refractivity contribution in [1.29, 1.82) is 0 Å². The number of carboxylic acids is 1. The highest BCUT2D eigenvalue weighted by atomic mass is 16.4. The molecule has 1 aliphatic rings. The minimum Gasteiger partial charge on any atom is -0.480 e. The number of hydrogen-bond donors (Lipinski definition) is 1. The molecule has 1 N–H and O–H groups in total. The highest BCUT2D eigenvalue weighted by molar-refractivity contribution is 5.74. The van der Waals surface area contributed by atoms with Crippen LogP contribution in [-0.4, -0.2) is 34.6 Å². The lowest BCUT2D eigenvalue weighted by atomic mass is 10.1. The maximum absolute atomic E-state index is 11.0. The average Bonchev–Trinajstić information content (AvgIpc) is 2.80. The molecule has 0 aromatic heterocycles. The fourth-order valence-electron chi connectivity index (χ4n) is 1.91. The van der Waals surface area contributed by atoms with Gasteiger partial charge in [0.1, 0.15) is 6.04 Å². The van der Waals surface area contributed by atoms with E-state index in [9.17, 15) is 4.79 Å². The van der Waals surface area contributed by atoms with Gasteiger partial charge in [-0.25, -0.2) is 0 Å². The molecule has 1 saturated carbocycles. The van der Waals surface area contributed by atoms with Crippen LogP contribution >= 0.6 is 0 Å². The minimum atomic E-state index is -0.655. The molecule has 76 valence electrons. The van der Waals surface area contributed by atoms with E-state index in [0.29, 0.717) is 12.0 Å². The van der Waals surface area contributed by atoms with Gasteiger partial charge in [-0.05, 0) is 39.2 Å². The molecule has 0 saturated heterocycles. The lowest BCUT2D eigenvalue weighted by Gasteiger charge is -2.31. The maximum atomic E-state index is 11.0. The van der Waals surface area contributed by atoms with Crippen molar-refractivity contribution in [2.45, 2.75) is 45.7 Å². The second-order valence-corrected chi connectivity index (χ2v) is 4.04. The largest absolute Gasteiger partial charge is 0.480 e. The molecule has 1 atom stereocenters. The number of hydrogen-bond acceptors (Lipinski definition) is 2. The van der Waals surface area contributed by atoms with E-state index in [1.165, 1.54) is 0 Å². The molecular weight excluding hydrogens is 166 g/mol. The monoisotopic (exact) mass is 185 g/mol. The molecule has 13 heavy (non-hydrogen) atoms. The van der Waals surface area contributed by atoms with Crippen molar-refractivity contribution >= 4 is 5.97 Å². The molecule has 0 bridgehead atoms. The second-order valence-electron chi connectivity index (χ2n) is 4.04. The lowest BCUT2D eigenvalue weighted by Crippen LogP contribution is -2.46. The van der Waals surface area contributed by atoms with Crippen molar-refractivity contribution in [1.82, 2.24) is 4.90 Å². The zero-order chi connectivity index (χ0) is 10.0. The van der Waals surface area contributed by atoms with Crippen molar-refractivity contribution in [3.63, 3.8) is 0 Å². The van der Waals surface area contributed by atoms with Crippen LogP contribution < -0.4 is 0 Å². The third kappa shape index (κ3) is 2.44. The molecule has 0 aliphatic heterocycles. The van der Waals surface area contributed by atoms with Gasteiger partial charge in [0.05, 0.1) is 0 Å². The van der Waals surface area contributed by atoms with Crippen molar-refractivity contribution in [2.75, 3.05) is 6.54 Å².